The maximum absolute atomic E-state index is 4.46. The topological polar surface area (TPSA) is 28.7 Å². The third-order valence-corrected chi connectivity index (χ3v) is 3.00. The first-order chi connectivity index (χ1) is 5.81. The van der Waals surface area contributed by atoms with Gasteiger partial charge >= 0.3 is 0 Å². The zero-order chi connectivity index (χ0) is 8.55. The van der Waals surface area contributed by atoms with E-state index in [0.29, 0.717) is 0 Å². The van der Waals surface area contributed by atoms with Gasteiger partial charge in [0.2, 0.25) is 0 Å². The van der Waals surface area contributed by atoms with Gasteiger partial charge in [-0.1, -0.05) is 13.3 Å². The molecule has 1 heterocycles. The highest BCUT2D eigenvalue weighted by Crippen LogP contribution is 2.37. The zero-order valence-electron chi connectivity index (χ0n) is 7.23. The average molecular weight is 229 g/mol. The minimum Gasteiger partial charge on any atom is -0.336 e. The van der Waals surface area contributed by atoms with Crippen LogP contribution in [0, 0.1) is 0 Å². The summed E-state index contributed by atoms with van der Waals surface area (Å²) in [6, 6.07) is 0. The van der Waals surface area contributed by atoms with E-state index in [1.165, 1.54) is 30.7 Å². The highest BCUT2D eigenvalue weighted by Gasteiger charge is 2.24. The number of aromatic amines is 1. The van der Waals surface area contributed by atoms with E-state index in [1.807, 2.05) is 0 Å². The Labute approximate surface area is 80.9 Å². The first kappa shape index (κ1) is 8.30. The SMILES string of the molecule is CCc1[nH]c(Br)nc1C1CCC1. The van der Waals surface area contributed by atoms with E-state index in [4.69, 9.17) is 0 Å². The highest BCUT2D eigenvalue weighted by atomic mass is 79.9. The molecule has 1 N–H and O–H groups in total. The van der Waals surface area contributed by atoms with Gasteiger partial charge in [0, 0.05) is 11.6 Å². The predicted molar refractivity (Wildman–Crippen MR) is 52.3 cm³/mol. The number of hydrogen-bond acceptors (Lipinski definition) is 1. The number of halogens is 1. The van der Waals surface area contributed by atoms with Crippen LogP contribution in [0.1, 0.15) is 43.5 Å². The van der Waals surface area contributed by atoms with Gasteiger partial charge in [0.15, 0.2) is 4.73 Å². The Morgan fingerprint density at radius 3 is 2.83 bits per heavy atom. The fourth-order valence-corrected chi connectivity index (χ4v) is 2.11. The fourth-order valence-electron chi connectivity index (χ4n) is 1.68. The lowest BCUT2D eigenvalue weighted by atomic mass is 9.82. The smallest absolute Gasteiger partial charge is 0.174 e. The van der Waals surface area contributed by atoms with E-state index < -0.39 is 0 Å². The van der Waals surface area contributed by atoms with Crippen LogP contribution in [0.4, 0.5) is 0 Å². The molecule has 0 spiro atoms. The van der Waals surface area contributed by atoms with Crippen LogP contribution >= 0.6 is 15.9 Å². The standard InChI is InChI=1S/C9H13BrN2/c1-2-7-8(6-4-3-5-6)12-9(10)11-7/h6H,2-5H2,1H3,(H,11,12). The lowest BCUT2D eigenvalue weighted by molar-refractivity contribution is 0.409. The highest BCUT2D eigenvalue weighted by molar-refractivity contribution is 9.10. The van der Waals surface area contributed by atoms with Crippen molar-refractivity contribution in [2.45, 2.75) is 38.5 Å². The van der Waals surface area contributed by atoms with Crippen molar-refractivity contribution < 1.29 is 0 Å². The molecule has 0 aliphatic heterocycles. The molecule has 0 saturated heterocycles. The molecule has 1 aromatic heterocycles. The minimum atomic E-state index is 0.738. The van der Waals surface area contributed by atoms with Crippen molar-refractivity contribution in [2.24, 2.45) is 0 Å². The van der Waals surface area contributed by atoms with Crippen molar-refractivity contribution >= 4 is 15.9 Å². The summed E-state index contributed by atoms with van der Waals surface area (Å²) in [4.78, 5) is 7.71. The van der Waals surface area contributed by atoms with Crippen molar-refractivity contribution in [3.05, 3.63) is 16.1 Å². The molecule has 0 bridgehead atoms. The molecule has 1 aliphatic carbocycles. The molecule has 66 valence electrons. The quantitative estimate of drug-likeness (QED) is 0.829. The third-order valence-electron chi connectivity index (χ3n) is 2.63. The number of rotatable bonds is 2. The summed E-state index contributed by atoms with van der Waals surface area (Å²) in [5.74, 6) is 0.738. The van der Waals surface area contributed by atoms with Gasteiger partial charge in [-0.15, -0.1) is 0 Å². The third kappa shape index (κ3) is 1.30. The minimum absolute atomic E-state index is 0.738. The van der Waals surface area contributed by atoms with Crippen molar-refractivity contribution in [2.75, 3.05) is 0 Å². The molecule has 3 heteroatoms. The number of nitrogens with zero attached hydrogens (tertiary/aromatic N) is 1. The number of imidazole rings is 1. The van der Waals surface area contributed by atoms with Crippen LogP contribution in [0.3, 0.4) is 0 Å². The maximum atomic E-state index is 4.46. The average Bonchev–Trinajstić information content (AvgIpc) is 2.27. The van der Waals surface area contributed by atoms with E-state index in [-0.39, 0.29) is 0 Å². The van der Waals surface area contributed by atoms with E-state index >= 15 is 0 Å². The number of nitrogens with one attached hydrogen (secondary N) is 1. The summed E-state index contributed by atoms with van der Waals surface area (Å²) in [6.45, 7) is 2.17. The molecular formula is C9H13BrN2. The molecule has 1 aromatic rings. The summed E-state index contributed by atoms with van der Waals surface area (Å²) in [7, 11) is 0. The van der Waals surface area contributed by atoms with Crippen molar-refractivity contribution in [1.29, 1.82) is 0 Å². The number of hydrogen-bond donors (Lipinski definition) is 1. The van der Waals surface area contributed by atoms with Gasteiger partial charge in [0.05, 0.1) is 5.69 Å². The largest absolute Gasteiger partial charge is 0.336 e. The fraction of sp³-hybridized carbons (Fsp3) is 0.667. The van der Waals surface area contributed by atoms with Crippen molar-refractivity contribution in [1.82, 2.24) is 9.97 Å². The number of H-pyrrole nitrogens is 1. The Bertz CT molecular complexity index is 276. The van der Waals surface area contributed by atoms with E-state index in [0.717, 1.165) is 17.1 Å². The maximum Gasteiger partial charge on any atom is 0.174 e. The summed E-state index contributed by atoms with van der Waals surface area (Å²) in [5.41, 5.74) is 2.61. The van der Waals surface area contributed by atoms with Crippen molar-refractivity contribution in [3.8, 4) is 0 Å². The Morgan fingerprint density at radius 1 is 1.58 bits per heavy atom. The molecule has 0 amide bonds. The lowest BCUT2D eigenvalue weighted by Crippen LogP contribution is -2.11. The summed E-state index contributed by atoms with van der Waals surface area (Å²) in [6.07, 6.45) is 5.08. The molecule has 0 atom stereocenters. The van der Waals surface area contributed by atoms with Gasteiger partial charge in [-0.05, 0) is 35.2 Å². The molecule has 12 heavy (non-hydrogen) atoms. The van der Waals surface area contributed by atoms with Gasteiger partial charge in [-0.3, -0.25) is 0 Å². The molecule has 0 aromatic carbocycles. The van der Waals surface area contributed by atoms with Crippen LogP contribution in [-0.2, 0) is 6.42 Å². The monoisotopic (exact) mass is 228 g/mol. The van der Waals surface area contributed by atoms with Gasteiger partial charge in [0.25, 0.3) is 0 Å². The Kier molecular flexibility index (Phi) is 2.22. The lowest BCUT2D eigenvalue weighted by Gasteiger charge is -2.24. The first-order valence-corrected chi connectivity index (χ1v) is 5.35. The number of aryl methyl sites for hydroxylation is 1. The Morgan fingerprint density at radius 2 is 2.33 bits per heavy atom. The van der Waals surface area contributed by atoms with Crippen LogP contribution in [0.15, 0.2) is 4.73 Å². The zero-order valence-corrected chi connectivity index (χ0v) is 8.82. The van der Waals surface area contributed by atoms with Gasteiger partial charge in [-0.2, -0.15) is 0 Å². The normalized spacial score (nSPS) is 17.8. The van der Waals surface area contributed by atoms with Crippen LogP contribution in [0.25, 0.3) is 0 Å². The summed E-state index contributed by atoms with van der Waals surface area (Å²) < 4.78 is 0.890. The molecule has 1 fully saturated rings. The van der Waals surface area contributed by atoms with E-state index in [2.05, 4.69) is 32.8 Å². The van der Waals surface area contributed by atoms with Crippen molar-refractivity contribution in [3.63, 3.8) is 0 Å². The Balaban J connectivity index is 2.27. The van der Waals surface area contributed by atoms with Crippen LogP contribution in [0.2, 0.25) is 0 Å². The van der Waals surface area contributed by atoms with E-state index in [9.17, 15) is 0 Å². The number of aromatic nitrogens is 2. The second-order valence-electron chi connectivity index (χ2n) is 3.37. The molecule has 2 nitrogen and oxygen atoms in total. The van der Waals surface area contributed by atoms with Gasteiger partial charge in [-0.25, -0.2) is 4.98 Å². The molecule has 0 unspecified atom stereocenters. The predicted octanol–water partition coefficient (Wildman–Crippen LogP) is 3.00. The van der Waals surface area contributed by atoms with Gasteiger partial charge in [0.1, 0.15) is 0 Å². The second-order valence-corrected chi connectivity index (χ2v) is 4.12. The summed E-state index contributed by atoms with van der Waals surface area (Å²) in [5, 5.41) is 0. The molecule has 0 radical (unpaired) electrons. The second kappa shape index (κ2) is 3.21. The van der Waals surface area contributed by atoms with Gasteiger partial charge < -0.3 is 4.98 Å². The molecular weight excluding hydrogens is 216 g/mol. The van der Waals surface area contributed by atoms with E-state index in [1.54, 1.807) is 0 Å². The Hall–Kier alpha value is -0.310. The first-order valence-electron chi connectivity index (χ1n) is 4.55. The van der Waals surface area contributed by atoms with Crippen LogP contribution in [0.5, 0.6) is 0 Å². The van der Waals surface area contributed by atoms with Crippen LogP contribution in [-0.4, -0.2) is 9.97 Å². The summed E-state index contributed by atoms with van der Waals surface area (Å²) >= 11 is 3.38. The molecule has 1 aliphatic rings. The van der Waals surface area contributed by atoms with Crippen LogP contribution < -0.4 is 0 Å². The molecule has 1 saturated carbocycles. The molecule has 2 rings (SSSR count).